The SMILES string of the molecule is Cn1c(=O)n(C2CCC(=O)NC2=O)c2cccc(CCN3CC4(CCN(C[C@H]5CC[C@H](NC(=O)[C@@H]6NC7(CCCCC7)[C@@]7(C(=O)Nc8cc(Cl)ccc87)[C@H]6c6cccc(Cl)c6F)CC5)CC4)C3)c21. The molecule has 2 saturated carbocycles. The summed E-state index contributed by atoms with van der Waals surface area (Å²) in [6.45, 7) is 6.28. The zero-order valence-corrected chi connectivity index (χ0v) is 40.2. The summed E-state index contributed by atoms with van der Waals surface area (Å²) in [5.41, 5.74) is 2.38. The second kappa shape index (κ2) is 17.7. The van der Waals surface area contributed by atoms with Crippen molar-refractivity contribution in [1.82, 2.24) is 34.9 Å². The zero-order valence-electron chi connectivity index (χ0n) is 38.7. The Labute approximate surface area is 405 Å². The molecule has 6 fully saturated rings. The van der Waals surface area contributed by atoms with Gasteiger partial charge in [0.05, 0.1) is 22.1 Å². The summed E-state index contributed by atoms with van der Waals surface area (Å²) in [6, 6.07) is 14.7. The molecule has 3 aromatic carbocycles. The van der Waals surface area contributed by atoms with Crippen molar-refractivity contribution in [2.45, 2.75) is 125 Å². The van der Waals surface area contributed by atoms with E-state index in [1.54, 1.807) is 40.4 Å². The van der Waals surface area contributed by atoms with E-state index in [0.29, 0.717) is 41.3 Å². The Bertz CT molecular complexity index is 2750. The van der Waals surface area contributed by atoms with Crippen LogP contribution in [-0.4, -0.2) is 99.5 Å². The van der Waals surface area contributed by atoms with Crippen LogP contribution in [0.2, 0.25) is 10.0 Å². The first-order valence-electron chi connectivity index (χ1n) is 24.9. The number of nitrogens with zero attached hydrogens (tertiary/aromatic N) is 4. The van der Waals surface area contributed by atoms with E-state index in [0.717, 1.165) is 113 Å². The maximum Gasteiger partial charge on any atom is 0.329 e. The number of aryl methyl sites for hydroxylation is 1. The average Bonchev–Trinajstić information content (AvgIpc) is 3.87. The van der Waals surface area contributed by atoms with Gasteiger partial charge >= 0.3 is 5.69 Å². The molecule has 68 heavy (non-hydrogen) atoms. The van der Waals surface area contributed by atoms with Crippen molar-refractivity contribution in [2.24, 2.45) is 18.4 Å². The lowest BCUT2D eigenvalue weighted by Crippen LogP contribution is -2.60. The molecule has 11 rings (SSSR count). The minimum absolute atomic E-state index is 0.0135. The van der Waals surface area contributed by atoms with Crippen molar-refractivity contribution < 1.29 is 23.6 Å². The van der Waals surface area contributed by atoms with Crippen molar-refractivity contribution in [2.75, 3.05) is 44.6 Å². The third kappa shape index (κ3) is 7.54. The number of anilines is 1. The molecule has 1 aromatic heterocycles. The Kier molecular flexibility index (Phi) is 11.9. The van der Waals surface area contributed by atoms with Crippen LogP contribution in [0.25, 0.3) is 11.0 Å². The molecule has 13 nitrogen and oxygen atoms in total. The summed E-state index contributed by atoms with van der Waals surface area (Å²) < 4.78 is 19.6. The Hall–Kier alpha value is -4.60. The summed E-state index contributed by atoms with van der Waals surface area (Å²) in [4.78, 5) is 72.6. The monoisotopic (exact) mass is 966 g/mol. The van der Waals surface area contributed by atoms with Gasteiger partial charge in [0, 0.05) is 67.9 Å². The van der Waals surface area contributed by atoms with Gasteiger partial charge in [-0.25, -0.2) is 9.18 Å². The molecule has 1 unspecified atom stereocenters. The molecule has 4 aromatic rings. The molecule has 3 spiro atoms. The highest BCUT2D eigenvalue weighted by Gasteiger charge is 2.72. The van der Waals surface area contributed by atoms with Gasteiger partial charge in [0.25, 0.3) is 0 Å². The van der Waals surface area contributed by atoms with Gasteiger partial charge in [0.15, 0.2) is 0 Å². The second-order valence-corrected chi connectivity index (χ2v) is 22.1. The van der Waals surface area contributed by atoms with Crippen molar-refractivity contribution >= 4 is 63.6 Å². The molecule has 7 aliphatic rings. The molecule has 4 amide bonds. The van der Waals surface area contributed by atoms with Crippen LogP contribution in [0.4, 0.5) is 10.1 Å². The molecule has 4 saturated heterocycles. The molecule has 6 heterocycles. The molecular weight excluding hydrogens is 907 g/mol. The second-order valence-electron chi connectivity index (χ2n) is 21.3. The lowest BCUT2D eigenvalue weighted by molar-refractivity contribution is -0.136. The number of carbonyl (C=O) groups excluding carboxylic acids is 4. The molecule has 4 N–H and O–H groups in total. The lowest BCUT2D eigenvalue weighted by atomic mass is 9.55. The van der Waals surface area contributed by atoms with E-state index in [4.69, 9.17) is 23.2 Å². The minimum atomic E-state index is -1.25. The fourth-order valence-corrected chi connectivity index (χ4v) is 14.5. The molecule has 360 valence electrons. The average molecular weight is 968 g/mol. The summed E-state index contributed by atoms with van der Waals surface area (Å²) in [5, 5.41) is 13.2. The molecule has 16 heteroatoms. The number of carbonyl (C=O) groups is 4. The number of hydrogen-bond acceptors (Lipinski definition) is 8. The highest BCUT2D eigenvalue weighted by atomic mass is 35.5. The number of fused-ring (bicyclic) bond motifs is 4. The summed E-state index contributed by atoms with van der Waals surface area (Å²) in [6.07, 6.45) is 11.6. The first kappa shape index (κ1) is 45.8. The molecular formula is C52H61Cl2FN8O5. The first-order valence-corrected chi connectivity index (χ1v) is 25.7. The number of para-hydroxylation sites is 1. The first-order chi connectivity index (χ1) is 32.8. The van der Waals surface area contributed by atoms with E-state index in [1.165, 1.54) is 18.9 Å². The van der Waals surface area contributed by atoms with Crippen LogP contribution in [0.5, 0.6) is 0 Å². The number of amides is 4. The van der Waals surface area contributed by atoms with E-state index >= 15 is 4.39 Å². The van der Waals surface area contributed by atoms with Crippen molar-refractivity contribution in [3.63, 3.8) is 0 Å². The standard InChI is InChI=1S/C52H61Cl2FN8O5/c1-60-45-32(7-5-10-39(45)63(49(60)68)40-17-18-41(64)58-46(40)65)19-24-62-29-50(30-62)22-25-61(26-23-50)28-31-11-14-34(15-12-31)56-47(66)44-42(35-8-6-9-37(54)43(35)55)52(51(59-44)20-3-2-4-21-51)36-16-13-33(53)27-38(36)57-48(52)67/h5-10,13,16,27,31,34,40,42,44,59H,2-4,11-12,14-15,17-26,28-30H2,1H3,(H,56,66)(H,57,67)(H,58,64,65)/t31-,34-,40?,42-,44+,52+/m0/s1. The van der Waals surface area contributed by atoms with E-state index < -0.39 is 40.7 Å². The summed E-state index contributed by atoms with van der Waals surface area (Å²) in [7, 11) is 1.76. The number of rotatable bonds is 9. The van der Waals surface area contributed by atoms with E-state index in [1.807, 2.05) is 18.2 Å². The van der Waals surface area contributed by atoms with Gasteiger partial charge in [0.1, 0.15) is 17.3 Å². The van der Waals surface area contributed by atoms with Crippen LogP contribution in [-0.2, 0) is 38.1 Å². The molecule has 0 radical (unpaired) electrons. The highest BCUT2D eigenvalue weighted by Crippen LogP contribution is 2.63. The number of benzene rings is 3. The number of imidazole rings is 1. The molecule has 4 atom stereocenters. The Morgan fingerprint density at radius 2 is 1.62 bits per heavy atom. The van der Waals surface area contributed by atoms with Crippen molar-refractivity contribution in [3.8, 4) is 0 Å². The van der Waals surface area contributed by atoms with Gasteiger partial charge in [-0.15, -0.1) is 0 Å². The van der Waals surface area contributed by atoms with Crippen LogP contribution < -0.4 is 27.0 Å². The van der Waals surface area contributed by atoms with Crippen LogP contribution in [0.15, 0.2) is 59.4 Å². The largest absolute Gasteiger partial charge is 0.352 e. The quantitative estimate of drug-likeness (QED) is 0.135. The van der Waals surface area contributed by atoms with E-state index in [9.17, 15) is 24.0 Å². The number of likely N-dealkylation sites (tertiary alicyclic amines) is 2. The van der Waals surface area contributed by atoms with Crippen LogP contribution in [0.1, 0.15) is 112 Å². The van der Waals surface area contributed by atoms with Gasteiger partial charge < -0.3 is 20.4 Å². The fourth-order valence-electron chi connectivity index (χ4n) is 14.2. The number of imide groups is 1. The van der Waals surface area contributed by atoms with Crippen LogP contribution in [0, 0.1) is 17.2 Å². The Morgan fingerprint density at radius 1 is 0.868 bits per heavy atom. The lowest BCUT2D eigenvalue weighted by Gasteiger charge is -2.54. The minimum Gasteiger partial charge on any atom is -0.352 e. The van der Waals surface area contributed by atoms with Crippen molar-refractivity contribution in [3.05, 3.63) is 97.6 Å². The zero-order chi connectivity index (χ0) is 47.1. The Morgan fingerprint density at radius 3 is 2.37 bits per heavy atom. The number of halogens is 3. The fraction of sp³-hybridized carbons (Fsp3) is 0.558. The maximum atomic E-state index is 16.4. The van der Waals surface area contributed by atoms with Gasteiger partial charge in [0.2, 0.25) is 23.6 Å². The summed E-state index contributed by atoms with van der Waals surface area (Å²) >= 11 is 12.9. The van der Waals surface area contributed by atoms with Gasteiger partial charge in [-0.1, -0.05) is 72.8 Å². The predicted molar refractivity (Wildman–Crippen MR) is 259 cm³/mol. The summed E-state index contributed by atoms with van der Waals surface area (Å²) in [5.74, 6) is -2.04. The van der Waals surface area contributed by atoms with Crippen LogP contribution in [0.3, 0.4) is 0 Å². The van der Waals surface area contributed by atoms with Crippen molar-refractivity contribution in [1.29, 1.82) is 0 Å². The number of hydrogen-bond donors (Lipinski definition) is 4. The Balaban J connectivity index is 0.697. The maximum absolute atomic E-state index is 16.4. The highest BCUT2D eigenvalue weighted by molar-refractivity contribution is 6.31. The predicted octanol–water partition coefficient (Wildman–Crippen LogP) is 6.73. The van der Waals surface area contributed by atoms with Gasteiger partial charge in [-0.05, 0) is 130 Å². The number of aromatic nitrogens is 2. The molecule has 2 aliphatic carbocycles. The molecule has 0 bridgehead atoms. The van der Waals surface area contributed by atoms with Crippen LogP contribution >= 0.6 is 23.2 Å². The van der Waals surface area contributed by atoms with E-state index in [-0.39, 0.29) is 46.5 Å². The topological polar surface area (TPSA) is 150 Å². The van der Waals surface area contributed by atoms with E-state index in [2.05, 4.69) is 37.1 Å². The van der Waals surface area contributed by atoms with Gasteiger partial charge in [-0.2, -0.15) is 0 Å². The third-order valence-corrected chi connectivity index (χ3v) is 18.0. The number of piperidine rings is 2. The molecule has 5 aliphatic heterocycles. The smallest absolute Gasteiger partial charge is 0.329 e. The number of nitrogens with one attached hydrogen (secondary N) is 4. The van der Waals surface area contributed by atoms with Gasteiger partial charge in [-0.3, -0.25) is 38.9 Å². The third-order valence-electron chi connectivity index (χ3n) is 17.5. The normalized spacial score (nSPS) is 29.1.